The van der Waals surface area contributed by atoms with Crippen molar-refractivity contribution in [1.82, 2.24) is 9.62 Å². The summed E-state index contributed by atoms with van der Waals surface area (Å²) in [5.41, 5.74) is 1.28. The van der Waals surface area contributed by atoms with Crippen LogP contribution >= 0.6 is 11.8 Å². The van der Waals surface area contributed by atoms with Crippen molar-refractivity contribution in [2.24, 2.45) is 5.92 Å². The van der Waals surface area contributed by atoms with E-state index in [1.807, 2.05) is 18.2 Å². The van der Waals surface area contributed by atoms with E-state index in [0.29, 0.717) is 19.6 Å². The second-order valence-electron chi connectivity index (χ2n) is 5.93. The molecule has 1 N–H and O–H groups in total. The Morgan fingerprint density at radius 2 is 2.08 bits per heavy atom. The van der Waals surface area contributed by atoms with E-state index in [9.17, 15) is 13.2 Å². The van der Waals surface area contributed by atoms with Crippen molar-refractivity contribution in [3.8, 4) is 0 Å². The number of piperidine rings is 1. The van der Waals surface area contributed by atoms with Gasteiger partial charge in [0.2, 0.25) is 15.9 Å². The predicted octanol–water partition coefficient (Wildman–Crippen LogP) is 2.10. The number of amides is 1. The Kier molecular flexibility index (Phi) is 7.58. The van der Waals surface area contributed by atoms with Crippen LogP contribution in [0.2, 0.25) is 0 Å². The summed E-state index contributed by atoms with van der Waals surface area (Å²) in [6, 6.07) is 10.2. The van der Waals surface area contributed by atoms with Crippen molar-refractivity contribution in [2.45, 2.75) is 25.5 Å². The summed E-state index contributed by atoms with van der Waals surface area (Å²) in [6.45, 7) is 3.11. The van der Waals surface area contributed by atoms with E-state index in [0.717, 1.165) is 24.3 Å². The number of hydrogen-bond donors (Lipinski definition) is 1. The number of rotatable bonds is 8. The average Bonchev–Trinajstić information content (AvgIpc) is 2.62. The minimum absolute atomic E-state index is 0.0219. The van der Waals surface area contributed by atoms with Crippen LogP contribution in [0.3, 0.4) is 0 Å². The first-order chi connectivity index (χ1) is 11.5. The minimum Gasteiger partial charge on any atom is -0.355 e. The van der Waals surface area contributed by atoms with Crippen molar-refractivity contribution in [2.75, 3.05) is 31.1 Å². The number of sulfonamides is 1. The Labute approximate surface area is 149 Å². The molecule has 0 aliphatic carbocycles. The van der Waals surface area contributed by atoms with Crippen LogP contribution in [0.4, 0.5) is 0 Å². The van der Waals surface area contributed by atoms with Gasteiger partial charge in [-0.1, -0.05) is 30.3 Å². The van der Waals surface area contributed by atoms with Crippen LogP contribution in [0.1, 0.15) is 25.3 Å². The van der Waals surface area contributed by atoms with E-state index >= 15 is 0 Å². The summed E-state index contributed by atoms with van der Waals surface area (Å²) in [5, 5.41) is 2.95. The summed E-state index contributed by atoms with van der Waals surface area (Å²) < 4.78 is 25.4. The molecule has 0 aromatic heterocycles. The molecule has 7 heteroatoms. The van der Waals surface area contributed by atoms with Gasteiger partial charge in [0, 0.05) is 31.1 Å². The van der Waals surface area contributed by atoms with Gasteiger partial charge < -0.3 is 5.32 Å². The summed E-state index contributed by atoms with van der Waals surface area (Å²) in [4.78, 5) is 12.3. The molecule has 1 heterocycles. The number of carbonyl (C=O) groups is 1. The molecular formula is C17H26N2O3S2. The lowest BCUT2D eigenvalue weighted by Crippen LogP contribution is -2.46. The lowest BCUT2D eigenvalue weighted by molar-refractivity contribution is -0.125. The third-order valence-electron chi connectivity index (χ3n) is 4.17. The third-order valence-corrected chi connectivity index (χ3v) is 7.05. The number of nitrogens with one attached hydrogen (secondary N) is 1. The average molecular weight is 371 g/mol. The molecule has 0 spiro atoms. The van der Waals surface area contributed by atoms with Gasteiger partial charge >= 0.3 is 0 Å². The summed E-state index contributed by atoms with van der Waals surface area (Å²) in [7, 11) is -3.20. The molecule has 1 fully saturated rings. The van der Waals surface area contributed by atoms with Gasteiger partial charge in [-0.15, -0.1) is 0 Å². The first kappa shape index (κ1) is 19.3. The Morgan fingerprint density at radius 1 is 1.33 bits per heavy atom. The van der Waals surface area contributed by atoms with Crippen molar-refractivity contribution in [3.05, 3.63) is 35.9 Å². The Balaban J connectivity index is 1.68. The molecule has 0 bridgehead atoms. The molecule has 0 unspecified atom stereocenters. The van der Waals surface area contributed by atoms with Crippen LogP contribution < -0.4 is 5.32 Å². The molecule has 24 heavy (non-hydrogen) atoms. The van der Waals surface area contributed by atoms with E-state index in [-0.39, 0.29) is 17.6 Å². The molecule has 1 aromatic rings. The van der Waals surface area contributed by atoms with Crippen molar-refractivity contribution >= 4 is 27.7 Å². The van der Waals surface area contributed by atoms with E-state index < -0.39 is 10.0 Å². The van der Waals surface area contributed by atoms with Crippen LogP contribution in [0.15, 0.2) is 30.3 Å². The molecule has 1 atom stereocenters. The maximum atomic E-state index is 12.3. The smallest absolute Gasteiger partial charge is 0.224 e. The van der Waals surface area contributed by atoms with Gasteiger partial charge in [0.05, 0.1) is 11.7 Å². The van der Waals surface area contributed by atoms with Crippen LogP contribution in [0.25, 0.3) is 0 Å². The SMILES string of the molecule is CCS(=O)(=O)N1CCC[C@H](C(=O)NCCSCc2ccccc2)C1. The highest BCUT2D eigenvalue weighted by atomic mass is 32.2. The van der Waals surface area contributed by atoms with Crippen molar-refractivity contribution < 1.29 is 13.2 Å². The lowest BCUT2D eigenvalue weighted by Gasteiger charge is -2.30. The van der Waals surface area contributed by atoms with E-state index in [1.54, 1.807) is 18.7 Å². The van der Waals surface area contributed by atoms with Gasteiger partial charge in [0.25, 0.3) is 0 Å². The minimum atomic E-state index is -3.20. The maximum absolute atomic E-state index is 12.3. The highest BCUT2D eigenvalue weighted by Crippen LogP contribution is 2.19. The molecule has 0 saturated carbocycles. The highest BCUT2D eigenvalue weighted by Gasteiger charge is 2.31. The number of hydrogen-bond acceptors (Lipinski definition) is 4. The molecule has 1 amide bonds. The first-order valence-corrected chi connectivity index (χ1v) is 11.2. The number of carbonyl (C=O) groups excluding carboxylic acids is 1. The molecule has 1 saturated heterocycles. The number of thioether (sulfide) groups is 1. The Hall–Kier alpha value is -1.05. The zero-order valence-corrected chi connectivity index (χ0v) is 15.7. The van der Waals surface area contributed by atoms with Crippen molar-refractivity contribution in [1.29, 1.82) is 0 Å². The molecule has 1 aromatic carbocycles. The van der Waals surface area contributed by atoms with E-state index in [1.165, 1.54) is 9.87 Å². The molecule has 1 aliphatic heterocycles. The van der Waals surface area contributed by atoms with Crippen LogP contribution in [-0.4, -0.2) is 49.8 Å². The third kappa shape index (κ3) is 5.79. The molecule has 2 rings (SSSR count). The van der Waals surface area contributed by atoms with E-state index in [2.05, 4.69) is 17.4 Å². The van der Waals surface area contributed by atoms with E-state index in [4.69, 9.17) is 0 Å². The standard InChI is InChI=1S/C17H26N2O3S2/c1-2-24(21,22)19-11-6-9-16(13-19)17(20)18-10-12-23-14-15-7-4-3-5-8-15/h3-5,7-8,16H,2,6,9-14H2,1H3,(H,18,20)/t16-/m0/s1. The fraction of sp³-hybridized carbons (Fsp3) is 0.588. The molecule has 5 nitrogen and oxygen atoms in total. The molecule has 0 radical (unpaired) electrons. The molecular weight excluding hydrogens is 344 g/mol. The van der Waals surface area contributed by atoms with Crippen molar-refractivity contribution in [3.63, 3.8) is 0 Å². The zero-order valence-electron chi connectivity index (χ0n) is 14.1. The van der Waals surface area contributed by atoms with Gasteiger partial charge in [0.15, 0.2) is 0 Å². The van der Waals surface area contributed by atoms with Gasteiger partial charge in [-0.2, -0.15) is 11.8 Å². The van der Waals surface area contributed by atoms with Crippen LogP contribution in [0.5, 0.6) is 0 Å². The lowest BCUT2D eigenvalue weighted by atomic mass is 9.99. The highest BCUT2D eigenvalue weighted by molar-refractivity contribution is 7.98. The predicted molar refractivity (Wildman–Crippen MR) is 99.4 cm³/mol. The summed E-state index contributed by atoms with van der Waals surface area (Å²) >= 11 is 1.78. The topological polar surface area (TPSA) is 66.5 Å². The summed E-state index contributed by atoms with van der Waals surface area (Å²) in [6.07, 6.45) is 1.51. The van der Waals surface area contributed by atoms with Gasteiger partial charge in [-0.25, -0.2) is 12.7 Å². The van der Waals surface area contributed by atoms with Gasteiger partial charge in [0.1, 0.15) is 0 Å². The monoisotopic (exact) mass is 370 g/mol. The second kappa shape index (κ2) is 9.44. The number of nitrogens with zero attached hydrogens (tertiary/aromatic N) is 1. The molecule has 1 aliphatic rings. The maximum Gasteiger partial charge on any atom is 0.224 e. The fourth-order valence-corrected chi connectivity index (χ4v) is 4.75. The number of benzene rings is 1. The quantitative estimate of drug-likeness (QED) is 0.712. The zero-order chi connectivity index (χ0) is 17.4. The normalized spacial score (nSPS) is 19.1. The van der Waals surface area contributed by atoms with Gasteiger partial charge in [-0.3, -0.25) is 4.79 Å². The largest absolute Gasteiger partial charge is 0.355 e. The summed E-state index contributed by atoms with van der Waals surface area (Å²) in [5.74, 6) is 1.63. The Morgan fingerprint density at radius 3 is 2.79 bits per heavy atom. The van der Waals surface area contributed by atoms with Gasteiger partial charge in [-0.05, 0) is 25.3 Å². The Bertz CT molecular complexity index is 620. The van der Waals surface area contributed by atoms with Crippen LogP contribution in [0, 0.1) is 5.92 Å². The fourth-order valence-electron chi connectivity index (χ4n) is 2.75. The first-order valence-electron chi connectivity index (χ1n) is 8.40. The van der Waals surface area contributed by atoms with Crippen LogP contribution in [-0.2, 0) is 20.6 Å². The molecule has 134 valence electrons. The second-order valence-corrected chi connectivity index (χ2v) is 9.29.